The van der Waals surface area contributed by atoms with Crippen LogP contribution in [0.2, 0.25) is 0 Å². The molecule has 1 aliphatic rings. The summed E-state index contributed by atoms with van der Waals surface area (Å²) in [5.41, 5.74) is 6.13. The minimum absolute atomic E-state index is 0.161. The largest absolute Gasteiger partial charge is 0.335 e. The maximum absolute atomic E-state index is 3.92. The van der Waals surface area contributed by atoms with Crippen molar-refractivity contribution in [2.75, 3.05) is 4.90 Å². The fraction of sp³-hybridized carbons (Fsp3) is 0.158. The predicted molar refractivity (Wildman–Crippen MR) is 174 cm³/mol. The molecule has 0 saturated heterocycles. The molecule has 0 aliphatic heterocycles. The zero-order valence-electron chi connectivity index (χ0n) is 23.4. The van der Waals surface area contributed by atoms with Gasteiger partial charge in [0.15, 0.2) is 0 Å². The molecule has 1 heteroatoms. The first-order valence-electron chi connectivity index (χ1n) is 13.9. The van der Waals surface area contributed by atoms with Crippen LogP contribution >= 0.6 is 0 Å². The Morgan fingerprint density at radius 2 is 1.74 bits per heavy atom. The highest BCUT2D eigenvalue weighted by Crippen LogP contribution is 2.31. The van der Waals surface area contributed by atoms with Crippen molar-refractivity contribution in [3.8, 4) is 0 Å². The Balaban J connectivity index is 2.03. The van der Waals surface area contributed by atoms with Crippen LogP contribution in [0.1, 0.15) is 44.2 Å². The zero-order chi connectivity index (χ0) is 27.5. The Morgan fingerprint density at radius 1 is 0.923 bits per heavy atom. The molecule has 0 spiro atoms. The molecule has 2 aromatic rings. The van der Waals surface area contributed by atoms with Gasteiger partial charge in [-0.15, -0.1) is 0 Å². The van der Waals surface area contributed by atoms with Crippen LogP contribution in [0.3, 0.4) is 0 Å². The van der Waals surface area contributed by atoms with Gasteiger partial charge in [-0.3, -0.25) is 0 Å². The summed E-state index contributed by atoms with van der Waals surface area (Å²) in [5.74, 6) is 0. The molecular weight excluding hydrogens is 470 g/mol. The van der Waals surface area contributed by atoms with Crippen molar-refractivity contribution < 1.29 is 0 Å². The topological polar surface area (TPSA) is 3.24 Å². The lowest BCUT2D eigenvalue weighted by Gasteiger charge is -2.33. The van der Waals surface area contributed by atoms with E-state index in [4.69, 9.17) is 0 Å². The van der Waals surface area contributed by atoms with E-state index in [9.17, 15) is 0 Å². The monoisotopic (exact) mass is 511 g/mol. The maximum atomic E-state index is 3.92. The molecule has 0 fully saturated rings. The lowest BCUT2D eigenvalue weighted by Crippen LogP contribution is -2.32. The number of anilines is 1. The standard InChI is InChI=1S/C38H41N/c1-4-7-9-10-11-18-30-37(28-8-5-2)39(36(6-3)29-20-19-24-33-22-14-12-15-23-33)38-31-21-27-35(32-38)34-25-16-13-17-26-34/h4-5,7-16,18-25,27-32,36H,2,6,17,26H2,1,3H3/b7-4-,10-9-,18-11+,24-19?,28-8-,29-20-,37-30+. The molecule has 2 aromatic carbocycles. The zero-order valence-corrected chi connectivity index (χ0v) is 23.4. The Labute approximate surface area is 236 Å². The SMILES string of the molecule is C=C\C=C/C(=C\C=C\C=C/C=C\C)N(c1cccc(C2=CC=CCC2)c1)C(/C=C\C=Cc1ccccc1)CC. The number of rotatable bonds is 13. The van der Waals surface area contributed by atoms with Gasteiger partial charge in [0.2, 0.25) is 0 Å². The highest BCUT2D eigenvalue weighted by molar-refractivity contribution is 5.72. The molecule has 0 N–H and O–H groups in total. The van der Waals surface area contributed by atoms with E-state index in [2.05, 4.69) is 134 Å². The normalized spacial score (nSPS) is 15.4. The van der Waals surface area contributed by atoms with E-state index in [-0.39, 0.29) is 6.04 Å². The first kappa shape index (κ1) is 29.2. The Bertz CT molecular complexity index is 1310. The molecule has 0 heterocycles. The summed E-state index contributed by atoms with van der Waals surface area (Å²) in [4.78, 5) is 2.43. The second-order valence-corrected chi connectivity index (χ2v) is 9.19. The van der Waals surface area contributed by atoms with Gasteiger partial charge in [-0.1, -0.05) is 147 Å². The minimum atomic E-state index is 0.161. The van der Waals surface area contributed by atoms with Crippen LogP contribution in [0.4, 0.5) is 5.69 Å². The first-order chi connectivity index (χ1) is 19.3. The molecule has 0 aromatic heterocycles. The fourth-order valence-corrected chi connectivity index (χ4v) is 4.40. The van der Waals surface area contributed by atoms with Crippen LogP contribution in [0.5, 0.6) is 0 Å². The van der Waals surface area contributed by atoms with E-state index in [1.807, 2.05) is 49.4 Å². The Kier molecular flexibility index (Phi) is 12.9. The van der Waals surface area contributed by atoms with Gasteiger partial charge < -0.3 is 4.90 Å². The fourth-order valence-electron chi connectivity index (χ4n) is 4.40. The van der Waals surface area contributed by atoms with Crippen LogP contribution < -0.4 is 4.90 Å². The van der Waals surface area contributed by atoms with Crippen LogP contribution in [0.15, 0.2) is 164 Å². The van der Waals surface area contributed by atoms with Gasteiger partial charge in [-0.2, -0.15) is 0 Å². The average Bonchev–Trinajstić information content (AvgIpc) is 2.99. The molecule has 198 valence electrons. The Hall–Kier alpha value is -4.36. The van der Waals surface area contributed by atoms with Crippen molar-refractivity contribution >= 4 is 17.3 Å². The van der Waals surface area contributed by atoms with E-state index >= 15 is 0 Å². The molecule has 0 bridgehead atoms. The second-order valence-electron chi connectivity index (χ2n) is 9.19. The maximum Gasteiger partial charge on any atom is 0.0522 e. The third-order valence-corrected chi connectivity index (χ3v) is 6.38. The third-order valence-electron chi connectivity index (χ3n) is 6.38. The van der Waals surface area contributed by atoms with Crippen molar-refractivity contribution in [3.05, 3.63) is 175 Å². The number of allylic oxidation sites excluding steroid dienone is 16. The van der Waals surface area contributed by atoms with Gasteiger partial charge in [0, 0.05) is 11.4 Å². The minimum Gasteiger partial charge on any atom is -0.335 e. The molecule has 39 heavy (non-hydrogen) atoms. The number of benzene rings is 2. The third kappa shape index (κ3) is 9.79. The molecule has 1 atom stereocenters. The highest BCUT2D eigenvalue weighted by Gasteiger charge is 2.18. The summed E-state index contributed by atoms with van der Waals surface area (Å²) in [5, 5.41) is 0. The van der Waals surface area contributed by atoms with Crippen LogP contribution in [0.25, 0.3) is 11.6 Å². The summed E-state index contributed by atoms with van der Waals surface area (Å²) in [7, 11) is 0. The van der Waals surface area contributed by atoms with Crippen LogP contribution in [-0.2, 0) is 0 Å². The summed E-state index contributed by atoms with van der Waals surface area (Å²) in [6.45, 7) is 8.18. The van der Waals surface area contributed by atoms with Crippen molar-refractivity contribution in [2.24, 2.45) is 0 Å². The Morgan fingerprint density at radius 3 is 2.49 bits per heavy atom. The number of hydrogen-bond donors (Lipinski definition) is 0. The second kappa shape index (κ2) is 17.2. The molecule has 1 aliphatic carbocycles. The molecular formula is C38H41N. The molecule has 0 amide bonds. The summed E-state index contributed by atoms with van der Waals surface area (Å²) in [6, 6.07) is 19.5. The highest BCUT2D eigenvalue weighted by atomic mass is 15.2. The summed E-state index contributed by atoms with van der Waals surface area (Å²) >= 11 is 0. The quantitative estimate of drug-likeness (QED) is 0.242. The lowest BCUT2D eigenvalue weighted by molar-refractivity contribution is 0.730. The van der Waals surface area contributed by atoms with Crippen molar-refractivity contribution in [1.29, 1.82) is 0 Å². The first-order valence-corrected chi connectivity index (χ1v) is 13.9. The lowest BCUT2D eigenvalue weighted by atomic mass is 9.96. The van der Waals surface area contributed by atoms with Crippen molar-refractivity contribution in [1.82, 2.24) is 0 Å². The molecule has 0 saturated carbocycles. The number of nitrogens with zero attached hydrogens (tertiary/aromatic N) is 1. The van der Waals surface area contributed by atoms with Gasteiger partial charge >= 0.3 is 0 Å². The van der Waals surface area contributed by atoms with Crippen molar-refractivity contribution in [2.45, 2.75) is 39.2 Å². The molecule has 0 radical (unpaired) electrons. The predicted octanol–water partition coefficient (Wildman–Crippen LogP) is 10.6. The molecule has 3 rings (SSSR count). The van der Waals surface area contributed by atoms with Gasteiger partial charge in [0.25, 0.3) is 0 Å². The number of hydrogen-bond acceptors (Lipinski definition) is 1. The van der Waals surface area contributed by atoms with Gasteiger partial charge in [-0.05, 0) is 67.2 Å². The average molecular weight is 512 g/mol. The van der Waals surface area contributed by atoms with Gasteiger partial charge in [-0.25, -0.2) is 0 Å². The summed E-state index contributed by atoms with van der Waals surface area (Å²) < 4.78 is 0. The van der Waals surface area contributed by atoms with Crippen molar-refractivity contribution in [3.63, 3.8) is 0 Å². The van der Waals surface area contributed by atoms with E-state index in [1.54, 1.807) is 0 Å². The molecule has 1 nitrogen and oxygen atoms in total. The van der Waals surface area contributed by atoms with E-state index < -0.39 is 0 Å². The van der Waals surface area contributed by atoms with E-state index in [1.165, 1.54) is 22.4 Å². The smallest absolute Gasteiger partial charge is 0.0522 e. The molecule has 1 unspecified atom stereocenters. The van der Waals surface area contributed by atoms with Gasteiger partial charge in [0.1, 0.15) is 0 Å². The summed E-state index contributed by atoms with van der Waals surface area (Å²) in [6.07, 6.45) is 38.9. The van der Waals surface area contributed by atoms with Crippen LogP contribution in [-0.4, -0.2) is 6.04 Å². The van der Waals surface area contributed by atoms with E-state index in [0.717, 1.165) is 25.0 Å². The van der Waals surface area contributed by atoms with E-state index in [0.29, 0.717) is 0 Å². The van der Waals surface area contributed by atoms with Crippen LogP contribution in [0, 0.1) is 0 Å². The van der Waals surface area contributed by atoms with Gasteiger partial charge in [0.05, 0.1) is 6.04 Å².